The average molecular weight is 380 g/mol. The summed E-state index contributed by atoms with van der Waals surface area (Å²) >= 11 is 1.43. The van der Waals surface area contributed by atoms with Gasteiger partial charge >= 0.3 is 0 Å². The van der Waals surface area contributed by atoms with Gasteiger partial charge in [-0.15, -0.1) is 10.2 Å². The van der Waals surface area contributed by atoms with Gasteiger partial charge in [0.25, 0.3) is 0 Å². The Balaban J connectivity index is 1.68. The van der Waals surface area contributed by atoms with E-state index >= 15 is 0 Å². The first-order valence-corrected chi connectivity index (χ1v) is 10.2. The largest absolute Gasteiger partial charge is 0.305 e. The quantitative estimate of drug-likeness (QED) is 0.414. The fourth-order valence-corrected chi connectivity index (χ4v) is 3.75. The third-order valence-electron chi connectivity index (χ3n) is 4.97. The number of carbonyl (C=O) groups excluding carboxylic acids is 1. The fourth-order valence-electron chi connectivity index (χ4n) is 2.95. The summed E-state index contributed by atoms with van der Waals surface area (Å²) in [4.78, 5) is 12.5. The Morgan fingerprint density at radius 1 is 1.11 bits per heavy atom. The lowest BCUT2D eigenvalue weighted by Crippen LogP contribution is -2.04. The lowest BCUT2D eigenvalue weighted by atomic mass is 9.97. The molecule has 4 nitrogen and oxygen atoms in total. The topological polar surface area (TPSA) is 47.8 Å². The molecular weight excluding hydrogens is 354 g/mol. The highest BCUT2D eigenvalue weighted by Crippen LogP contribution is 2.26. The Kier molecular flexibility index (Phi) is 6.11. The second-order valence-electron chi connectivity index (χ2n) is 6.82. The molecule has 0 saturated heterocycles. The molecule has 5 heteroatoms. The Bertz CT molecular complexity index is 931. The zero-order valence-electron chi connectivity index (χ0n) is 16.3. The van der Waals surface area contributed by atoms with Crippen LogP contribution in [0.15, 0.2) is 53.7 Å². The molecule has 0 aliphatic heterocycles. The number of rotatable bonds is 7. The van der Waals surface area contributed by atoms with Crippen molar-refractivity contribution in [2.24, 2.45) is 7.05 Å². The highest BCUT2D eigenvalue weighted by atomic mass is 32.2. The van der Waals surface area contributed by atoms with Gasteiger partial charge in [-0.25, -0.2) is 0 Å². The second-order valence-corrected chi connectivity index (χ2v) is 7.77. The number of nitrogens with zero attached hydrogens (tertiary/aromatic N) is 3. The number of hydrogen-bond acceptors (Lipinski definition) is 4. The lowest BCUT2D eigenvalue weighted by molar-refractivity contribution is 0.102. The van der Waals surface area contributed by atoms with Gasteiger partial charge in [0.05, 0.1) is 5.75 Å². The molecule has 0 unspecified atom stereocenters. The van der Waals surface area contributed by atoms with Gasteiger partial charge in [0.15, 0.2) is 16.8 Å². The zero-order chi connectivity index (χ0) is 19.4. The molecule has 0 aliphatic rings. The zero-order valence-corrected chi connectivity index (χ0v) is 17.1. The van der Waals surface area contributed by atoms with E-state index in [0.717, 1.165) is 34.1 Å². The molecule has 0 aliphatic carbocycles. The van der Waals surface area contributed by atoms with Crippen LogP contribution in [0.1, 0.15) is 47.7 Å². The lowest BCUT2D eigenvalue weighted by Gasteiger charge is -2.09. The van der Waals surface area contributed by atoms with Crippen LogP contribution in [0.4, 0.5) is 0 Å². The number of ketones is 1. The minimum atomic E-state index is 0.108. The molecule has 0 saturated carbocycles. The van der Waals surface area contributed by atoms with Crippen LogP contribution in [0.3, 0.4) is 0 Å². The molecular formula is C22H25N3OS. The van der Waals surface area contributed by atoms with Gasteiger partial charge in [0.1, 0.15) is 0 Å². The van der Waals surface area contributed by atoms with E-state index in [1.807, 2.05) is 41.9 Å². The van der Waals surface area contributed by atoms with E-state index in [4.69, 9.17) is 0 Å². The summed E-state index contributed by atoms with van der Waals surface area (Å²) in [5.74, 6) is 1.79. The van der Waals surface area contributed by atoms with Gasteiger partial charge in [-0.05, 0) is 30.4 Å². The summed E-state index contributed by atoms with van der Waals surface area (Å²) in [7, 11) is 1.94. The number of aryl methyl sites for hydroxylation is 1. The Labute approximate surface area is 165 Å². The molecule has 2 aromatic carbocycles. The molecule has 0 N–H and O–H groups in total. The van der Waals surface area contributed by atoms with Crippen molar-refractivity contribution in [2.75, 3.05) is 5.75 Å². The first-order valence-electron chi connectivity index (χ1n) is 9.22. The Morgan fingerprint density at radius 3 is 2.48 bits per heavy atom. The minimum absolute atomic E-state index is 0.108. The summed E-state index contributed by atoms with van der Waals surface area (Å²) in [6.45, 7) is 6.43. The second kappa shape index (κ2) is 8.53. The maximum absolute atomic E-state index is 12.5. The fraction of sp³-hybridized carbons (Fsp3) is 0.318. The number of carbonyl (C=O) groups is 1. The van der Waals surface area contributed by atoms with Crippen molar-refractivity contribution in [3.8, 4) is 11.4 Å². The predicted molar refractivity (Wildman–Crippen MR) is 111 cm³/mol. The van der Waals surface area contributed by atoms with E-state index in [2.05, 4.69) is 49.2 Å². The van der Waals surface area contributed by atoms with Gasteiger partial charge in [0, 0.05) is 18.2 Å². The normalized spacial score (nSPS) is 12.1. The predicted octanol–water partition coefficient (Wildman–Crippen LogP) is 5.28. The summed E-state index contributed by atoms with van der Waals surface area (Å²) in [5, 5.41) is 9.34. The third-order valence-corrected chi connectivity index (χ3v) is 5.99. The molecule has 0 spiro atoms. The SMILES string of the molecule is CC[C@H](C)c1ccc(C(=O)CSc2nnc(-c3ccccc3C)n2C)cc1. The van der Waals surface area contributed by atoms with Gasteiger partial charge < -0.3 is 4.57 Å². The summed E-state index contributed by atoms with van der Waals surface area (Å²) in [5.41, 5.74) is 4.24. The van der Waals surface area contributed by atoms with Crippen molar-refractivity contribution in [3.05, 3.63) is 65.2 Å². The third kappa shape index (κ3) is 4.30. The molecule has 0 amide bonds. The molecule has 1 aromatic heterocycles. The van der Waals surface area contributed by atoms with Crippen LogP contribution in [0, 0.1) is 6.92 Å². The van der Waals surface area contributed by atoms with E-state index in [-0.39, 0.29) is 5.78 Å². The molecule has 3 aromatic rings. The van der Waals surface area contributed by atoms with Crippen LogP contribution in [0.5, 0.6) is 0 Å². The number of hydrogen-bond donors (Lipinski definition) is 0. The van der Waals surface area contributed by atoms with Crippen LogP contribution in [0.25, 0.3) is 11.4 Å². The summed E-state index contributed by atoms with van der Waals surface area (Å²) in [6, 6.07) is 16.1. The van der Waals surface area contributed by atoms with Crippen molar-refractivity contribution in [1.82, 2.24) is 14.8 Å². The van der Waals surface area contributed by atoms with Gasteiger partial charge in [-0.3, -0.25) is 4.79 Å². The van der Waals surface area contributed by atoms with Crippen molar-refractivity contribution in [3.63, 3.8) is 0 Å². The molecule has 27 heavy (non-hydrogen) atoms. The standard InChI is InChI=1S/C22H25N3OS/c1-5-15(2)17-10-12-18(13-11-17)20(26)14-27-22-24-23-21(25(22)4)19-9-7-6-8-16(19)3/h6-13,15H,5,14H2,1-4H3/t15-/m0/s1. The number of aromatic nitrogens is 3. The van der Waals surface area contributed by atoms with Crippen LogP contribution < -0.4 is 0 Å². The molecule has 140 valence electrons. The molecule has 0 fully saturated rings. The van der Waals surface area contributed by atoms with E-state index in [9.17, 15) is 4.79 Å². The Hall–Kier alpha value is -2.40. The van der Waals surface area contributed by atoms with Crippen molar-refractivity contribution >= 4 is 17.5 Å². The maximum Gasteiger partial charge on any atom is 0.191 e. The van der Waals surface area contributed by atoms with Crippen LogP contribution in [-0.4, -0.2) is 26.3 Å². The highest BCUT2D eigenvalue weighted by Gasteiger charge is 2.15. The van der Waals surface area contributed by atoms with Crippen molar-refractivity contribution in [1.29, 1.82) is 0 Å². The monoisotopic (exact) mass is 379 g/mol. The molecule has 1 atom stereocenters. The van der Waals surface area contributed by atoms with Crippen molar-refractivity contribution < 1.29 is 4.79 Å². The summed E-state index contributed by atoms with van der Waals surface area (Å²) < 4.78 is 1.95. The Morgan fingerprint density at radius 2 is 1.81 bits per heavy atom. The number of Topliss-reactive ketones (excluding diaryl/α,β-unsaturated/α-hetero) is 1. The molecule has 0 radical (unpaired) electrons. The van der Waals surface area contributed by atoms with E-state index in [1.165, 1.54) is 17.3 Å². The average Bonchev–Trinajstić information content (AvgIpc) is 3.06. The van der Waals surface area contributed by atoms with Crippen molar-refractivity contribution in [2.45, 2.75) is 38.3 Å². The molecule has 1 heterocycles. The van der Waals surface area contributed by atoms with Gasteiger partial charge in [0.2, 0.25) is 0 Å². The highest BCUT2D eigenvalue weighted by molar-refractivity contribution is 7.99. The van der Waals surface area contributed by atoms with Crippen LogP contribution >= 0.6 is 11.8 Å². The van der Waals surface area contributed by atoms with Gasteiger partial charge in [-0.2, -0.15) is 0 Å². The van der Waals surface area contributed by atoms with Crippen LogP contribution in [-0.2, 0) is 7.05 Å². The van der Waals surface area contributed by atoms with Gasteiger partial charge in [-0.1, -0.05) is 74.1 Å². The van der Waals surface area contributed by atoms with E-state index in [1.54, 1.807) is 0 Å². The summed E-state index contributed by atoms with van der Waals surface area (Å²) in [6.07, 6.45) is 1.10. The van der Waals surface area contributed by atoms with Crippen LogP contribution in [0.2, 0.25) is 0 Å². The molecule has 0 bridgehead atoms. The van der Waals surface area contributed by atoms with E-state index < -0.39 is 0 Å². The first kappa shape index (κ1) is 19.4. The maximum atomic E-state index is 12.5. The van der Waals surface area contributed by atoms with E-state index in [0.29, 0.717) is 11.7 Å². The molecule has 3 rings (SSSR count). The smallest absolute Gasteiger partial charge is 0.191 e. The number of thioether (sulfide) groups is 1. The number of benzene rings is 2. The minimum Gasteiger partial charge on any atom is -0.305 e. The first-order chi connectivity index (χ1) is 13.0.